The van der Waals surface area contributed by atoms with E-state index in [9.17, 15) is 9.59 Å². The summed E-state index contributed by atoms with van der Waals surface area (Å²) in [6, 6.07) is 1.10. The number of aromatic carboxylic acids is 1. The monoisotopic (exact) mass is 141 g/mol. The van der Waals surface area contributed by atoms with Gasteiger partial charge in [0.05, 0.1) is 6.26 Å². The molecule has 0 amide bonds. The van der Waals surface area contributed by atoms with Crippen molar-refractivity contribution < 1.29 is 14.3 Å². The Morgan fingerprint density at radius 3 is 2.80 bits per heavy atom. The third kappa shape index (κ3) is 1.19. The maximum Gasteiger partial charge on any atom is 0.439 e. The number of rotatable bonds is 1. The van der Waals surface area contributed by atoms with Gasteiger partial charge in [-0.2, -0.15) is 4.98 Å². The zero-order valence-electron chi connectivity index (χ0n) is 4.77. The molecule has 1 N–H and O–H groups in total. The van der Waals surface area contributed by atoms with E-state index in [1.165, 1.54) is 0 Å². The van der Waals surface area contributed by atoms with Gasteiger partial charge in [0.2, 0.25) is 0 Å². The minimum Gasteiger partial charge on any atom is -0.477 e. The largest absolute Gasteiger partial charge is 0.477 e. The number of hydrogen-bond acceptors (Lipinski definition) is 4. The first-order chi connectivity index (χ1) is 4.70. The van der Waals surface area contributed by atoms with E-state index in [0.717, 1.165) is 12.3 Å². The Bertz CT molecular complexity index is 303. The molecular weight excluding hydrogens is 138 g/mol. The zero-order chi connectivity index (χ0) is 7.56. The minimum atomic E-state index is -1.24. The smallest absolute Gasteiger partial charge is 0.439 e. The fourth-order valence-corrected chi connectivity index (χ4v) is 0.438. The molecule has 52 valence electrons. The van der Waals surface area contributed by atoms with Crippen LogP contribution in [-0.2, 0) is 0 Å². The highest BCUT2D eigenvalue weighted by atomic mass is 16.4. The lowest BCUT2D eigenvalue weighted by atomic mass is 10.4. The van der Waals surface area contributed by atoms with E-state index < -0.39 is 11.7 Å². The lowest BCUT2D eigenvalue weighted by Crippen LogP contribution is -2.10. The fourth-order valence-electron chi connectivity index (χ4n) is 0.438. The summed E-state index contributed by atoms with van der Waals surface area (Å²) in [7, 11) is 0. The third-order valence-electron chi connectivity index (χ3n) is 0.826. The summed E-state index contributed by atoms with van der Waals surface area (Å²) < 4.78 is 4.19. The van der Waals surface area contributed by atoms with Gasteiger partial charge in [0.15, 0.2) is 5.69 Å². The van der Waals surface area contributed by atoms with Gasteiger partial charge in [-0.05, 0) is 0 Å². The average molecular weight is 141 g/mol. The topological polar surface area (TPSA) is 80.4 Å². The second-order valence-corrected chi connectivity index (χ2v) is 1.49. The molecule has 0 atom stereocenters. The molecule has 1 heterocycles. The van der Waals surface area contributed by atoms with E-state index in [0.29, 0.717) is 0 Å². The molecule has 0 radical (unpaired) electrons. The van der Waals surface area contributed by atoms with Gasteiger partial charge >= 0.3 is 11.7 Å². The molecule has 10 heavy (non-hydrogen) atoms. The second kappa shape index (κ2) is 2.30. The molecule has 0 bridgehead atoms. The van der Waals surface area contributed by atoms with Crippen LogP contribution in [0.2, 0.25) is 0 Å². The number of carboxylic acids is 1. The van der Waals surface area contributed by atoms with Crippen molar-refractivity contribution in [3.8, 4) is 0 Å². The van der Waals surface area contributed by atoms with Gasteiger partial charge in [-0.25, -0.2) is 9.59 Å². The molecule has 0 saturated carbocycles. The molecule has 0 aliphatic heterocycles. The van der Waals surface area contributed by atoms with E-state index in [1.54, 1.807) is 0 Å². The standard InChI is InChI=1S/C5H3NO4/c7-4(8)3-1-2-10-5(9)6-3/h1-2H,(H,7,8). The molecule has 1 aromatic rings. The van der Waals surface area contributed by atoms with Crippen LogP contribution in [0.1, 0.15) is 10.5 Å². The van der Waals surface area contributed by atoms with E-state index in [-0.39, 0.29) is 5.69 Å². The molecule has 5 nitrogen and oxygen atoms in total. The summed E-state index contributed by atoms with van der Waals surface area (Å²) in [6.07, 6.45) is 0.985. The lowest BCUT2D eigenvalue weighted by molar-refractivity contribution is 0.0688. The molecule has 1 aromatic heterocycles. The molecular formula is C5H3NO4. The van der Waals surface area contributed by atoms with Crippen LogP contribution in [0, 0.1) is 0 Å². The van der Waals surface area contributed by atoms with Crippen LogP contribution in [-0.4, -0.2) is 16.1 Å². The van der Waals surface area contributed by atoms with Crippen molar-refractivity contribution in [3.63, 3.8) is 0 Å². The Kier molecular flexibility index (Phi) is 1.49. The SMILES string of the molecule is O=C(O)c1ccoc(=O)n1. The van der Waals surface area contributed by atoms with Crippen LogP contribution in [0.4, 0.5) is 0 Å². The second-order valence-electron chi connectivity index (χ2n) is 1.49. The van der Waals surface area contributed by atoms with Crippen LogP contribution < -0.4 is 5.76 Å². The molecule has 0 aromatic carbocycles. The van der Waals surface area contributed by atoms with Crippen molar-refractivity contribution in [2.45, 2.75) is 0 Å². The molecule has 0 spiro atoms. The summed E-state index contributed by atoms with van der Waals surface area (Å²) in [5, 5.41) is 8.27. The van der Waals surface area contributed by atoms with Crippen LogP contribution in [0.5, 0.6) is 0 Å². The first-order valence-electron chi connectivity index (χ1n) is 2.39. The van der Waals surface area contributed by atoms with Crippen molar-refractivity contribution in [2.24, 2.45) is 0 Å². The molecule has 0 saturated heterocycles. The fraction of sp³-hybridized carbons (Fsp3) is 0. The van der Waals surface area contributed by atoms with E-state index in [2.05, 4.69) is 9.40 Å². The first-order valence-corrected chi connectivity index (χ1v) is 2.39. The normalized spacial score (nSPS) is 9.20. The van der Waals surface area contributed by atoms with Gasteiger partial charge in [0, 0.05) is 6.07 Å². The van der Waals surface area contributed by atoms with E-state index >= 15 is 0 Å². The first kappa shape index (κ1) is 6.47. The number of nitrogens with zero attached hydrogens (tertiary/aromatic N) is 1. The predicted molar refractivity (Wildman–Crippen MR) is 29.7 cm³/mol. The highest BCUT2D eigenvalue weighted by Gasteiger charge is 2.03. The molecule has 0 aliphatic rings. The van der Waals surface area contributed by atoms with Gasteiger partial charge in [0.25, 0.3) is 0 Å². The summed E-state index contributed by atoms with van der Waals surface area (Å²) in [5.41, 5.74) is -0.309. The van der Waals surface area contributed by atoms with Crippen molar-refractivity contribution in [1.82, 2.24) is 4.98 Å². The maximum absolute atomic E-state index is 10.3. The molecule has 0 fully saturated rings. The van der Waals surface area contributed by atoms with Gasteiger partial charge in [0.1, 0.15) is 0 Å². The number of carboxylic acid groups (broad SMARTS) is 1. The summed E-state index contributed by atoms with van der Waals surface area (Å²) in [5.74, 6) is -2.15. The summed E-state index contributed by atoms with van der Waals surface area (Å²) >= 11 is 0. The van der Waals surface area contributed by atoms with Gasteiger partial charge in [-0.3, -0.25) is 0 Å². The third-order valence-corrected chi connectivity index (χ3v) is 0.826. The van der Waals surface area contributed by atoms with Gasteiger partial charge < -0.3 is 9.52 Å². The Morgan fingerprint density at radius 1 is 1.70 bits per heavy atom. The van der Waals surface area contributed by atoms with E-state index in [1.807, 2.05) is 0 Å². The number of carbonyl (C=O) groups is 1. The summed E-state index contributed by atoms with van der Waals surface area (Å²) in [4.78, 5) is 23.4. The van der Waals surface area contributed by atoms with Crippen LogP contribution in [0.15, 0.2) is 21.5 Å². The van der Waals surface area contributed by atoms with Crippen LogP contribution in [0.25, 0.3) is 0 Å². The van der Waals surface area contributed by atoms with Crippen molar-refractivity contribution in [2.75, 3.05) is 0 Å². The number of hydrogen-bond donors (Lipinski definition) is 1. The van der Waals surface area contributed by atoms with E-state index in [4.69, 9.17) is 5.11 Å². The Labute approximate surface area is 54.9 Å². The zero-order valence-corrected chi connectivity index (χ0v) is 4.77. The van der Waals surface area contributed by atoms with Crippen molar-refractivity contribution >= 4 is 5.97 Å². The highest BCUT2D eigenvalue weighted by molar-refractivity contribution is 5.84. The number of aromatic nitrogens is 1. The average Bonchev–Trinajstić information content (AvgIpc) is 1.88. The quantitative estimate of drug-likeness (QED) is 0.582. The predicted octanol–water partition coefficient (Wildman–Crippen LogP) is -0.267. The van der Waals surface area contributed by atoms with Crippen LogP contribution in [0.3, 0.4) is 0 Å². The maximum atomic E-state index is 10.3. The van der Waals surface area contributed by atoms with Gasteiger partial charge in [-0.15, -0.1) is 0 Å². The summed E-state index contributed by atoms with van der Waals surface area (Å²) in [6.45, 7) is 0. The van der Waals surface area contributed by atoms with Crippen LogP contribution >= 0.6 is 0 Å². The molecule has 5 heteroatoms. The molecule has 0 unspecified atom stereocenters. The minimum absolute atomic E-state index is 0.309. The Hall–Kier alpha value is -1.65. The molecule has 1 rings (SSSR count). The van der Waals surface area contributed by atoms with Crippen molar-refractivity contribution in [3.05, 3.63) is 28.6 Å². The van der Waals surface area contributed by atoms with Crippen molar-refractivity contribution in [1.29, 1.82) is 0 Å². The van der Waals surface area contributed by atoms with Gasteiger partial charge in [-0.1, -0.05) is 0 Å². The Morgan fingerprint density at radius 2 is 2.40 bits per heavy atom. The Balaban J connectivity index is 3.20. The molecule has 0 aliphatic carbocycles. The highest BCUT2D eigenvalue weighted by Crippen LogP contribution is 1.87. The lowest BCUT2D eigenvalue weighted by Gasteiger charge is -1.86.